The van der Waals surface area contributed by atoms with Gasteiger partial charge in [-0.05, 0) is 12.1 Å². The third kappa shape index (κ3) is 4.17. The van der Waals surface area contributed by atoms with Crippen molar-refractivity contribution in [2.45, 2.75) is 37.9 Å². The SMILES string of the molecule is CC(C)NCc1cc(S(=O)(=O)NCc2ccoc2)cs1. The van der Waals surface area contributed by atoms with Gasteiger partial charge >= 0.3 is 0 Å². The molecule has 0 spiro atoms. The Morgan fingerprint density at radius 3 is 2.80 bits per heavy atom. The molecule has 0 fully saturated rings. The quantitative estimate of drug-likeness (QED) is 0.823. The van der Waals surface area contributed by atoms with E-state index in [1.807, 2.05) is 0 Å². The highest BCUT2D eigenvalue weighted by Crippen LogP contribution is 2.19. The van der Waals surface area contributed by atoms with Gasteiger partial charge in [-0.2, -0.15) is 0 Å². The fourth-order valence-corrected chi connectivity index (χ4v) is 3.80. The van der Waals surface area contributed by atoms with E-state index in [4.69, 9.17) is 4.42 Å². The lowest BCUT2D eigenvalue weighted by Crippen LogP contribution is -2.23. The van der Waals surface area contributed by atoms with E-state index >= 15 is 0 Å². The molecule has 0 radical (unpaired) electrons. The van der Waals surface area contributed by atoms with Crippen LogP contribution >= 0.6 is 11.3 Å². The van der Waals surface area contributed by atoms with Crippen LogP contribution in [0.25, 0.3) is 0 Å². The molecular formula is C13H18N2O3S2. The Morgan fingerprint density at radius 1 is 1.35 bits per heavy atom. The standard InChI is InChI=1S/C13H18N2O3S2/c1-10(2)14-7-12-5-13(9-19-12)20(16,17)15-6-11-3-4-18-8-11/h3-5,8-10,14-15H,6-7H2,1-2H3. The molecule has 2 rings (SSSR count). The molecule has 2 N–H and O–H groups in total. The maximum atomic E-state index is 12.1. The molecule has 2 heterocycles. The van der Waals surface area contributed by atoms with Crippen molar-refractivity contribution in [3.63, 3.8) is 0 Å². The first-order chi connectivity index (χ1) is 9.47. The van der Waals surface area contributed by atoms with Gasteiger partial charge in [0.25, 0.3) is 0 Å². The molecule has 0 saturated heterocycles. The lowest BCUT2D eigenvalue weighted by Gasteiger charge is -2.05. The first-order valence-electron chi connectivity index (χ1n) is 6.29. The minimum atomic E-state index is -3.46. The molecule has 0 bridgehead atoms. The summed E-state index contributed by atoms with van der Waals surface area (Å²) in [6.07, 6.45) is 3.04. The van der Waals surface area contributed by atoms with Crippen molar-refractivity contribution in [3.8, 4) is 0 Å². The number of sulfonamides is 1. The highest BCUT2D eigenvalue weighted by atomic mass is 32.2. The first-order valence-corrected chi connectivity index (χ1v) is 8.65. The summed E-state index contributed by atoms with van der Waals surface area (Å²) in [4.78, 5) is 1.31. The van der Waals surface area contributed by atoms with E-state index in [-0.39, 0.29) is 6.54 Å². The van der Waals surface area contributed by atoms with E-state index in [1.54, 1.807) is 17.5 Å². The van der Waals surface area contributed by atoms with Crippen LogP contribution in [0.1, 0.15) is 24.3 Å². The topological polar surface area (TPSA) is 71.3 Å². The van der Waals surface area contributed by atoms with Crippen LogP contribution in [0.3, 0.4) is 0 Å². The van der Waals surface area contributed by atoms with Crippen molar-refractivity contribution < 1.29 is 12.8 Å². The van der Waals surface area contributed by atoms with Crippen LogP contribution < -0.4 is 10.0 Å². The van der Waals surface area contributed by atoms with Crippen molar-refractivity contribution in [2.75, 3.05) is 0 Å². The lowest BCUT2D eigenvalue weighted by atomic mass is 10.4. The average molecular weight is 314 g/mol. The second-order valence-electron chi connectivity index (χ2n) is 4.74. The molecule has 7 heteroatoms. The van der Waals surface area contributed by atoms with Crippen molar-refractivity contribution in [1.29, 1.82) is 0 Å². The number of thiophene rings is 1. The first kappa shape index (κ1) is 15.2. The normalized spacial score (nSPS) is 12.2. The minimum Gasteiger partial charge on any atom is -0.472 e. The van der Waals surface area contributed by atoms with Gasteiger partial charge in [-0.25, -0.2) is 13.1 Å². The molecular weight excluding hydrogens is 296 g/mol. The summed E-state index contributed by atoms with van der Waals surface area (Å²) in [5, 5.41) is 4.93. The van der Waals surface area contributed by atoms with Gasteiger partial charge < -0.3 is 9.73 Å². The zero-order valence-electron chi connectivity index (χ0n) is 11.4. The molecule has 0 amide bonds. The Hall–Kier alpha value is -1.15. The number of rotatable bonds is 7. The Morgan fingerprint density at radius 2 is 2.15 bits per heavy atom. The van der Waals surface area contributed by atoms with E-state index in [0.717, 1.165) is 10.4 Å². The number of hydrogen-bond acceptors (Lipinski definition) is 5. The molecule has 2 aromatic heterocycles. The molecule has 0 aliphatic carbocycles. The van der Waals surface area contributed by atoms with E-state index in [9.17, 15) is 8.42 Å². The third-order valence-electron chi connectivity index (χ3n) is 2.67. The summed E-state index contributed by atoms with van der Waals surface area (Å²) in [6, 6.07) is 3.81. The van der Waals surface area contributed by atoms with Gasteiger partial charge in [-0.3, -0.25) is 0 Å². The summed E-state index contributed by atoms with van der Waals surface area (Å²) in [5.74, 6) is 0. The van der Waals surface area contributed by atoms with E-state index < -0.39 is 10.0 Å². The summed E-state index contributed by atoms with van der Waals surface area (Å²) in [6.45, 7) is 5.02. The zero-order chi connectivity index (χ0) is 14.6. The average Bonchev–Trinajstić information content (AvgIpc) is 3.05. The molecule has 0 aliphatic rings. The van der Waals surface area contributed by atoms with Gasteiger partial charge in [0.2, 0.25) is 10.0 Å². The van der Waals surface area contributed by atoms with E-state index in [1.165, 1.54) is 23.9 Å². The molecule has 20 heavy (non-hydrogen) atoms. The Bertz CT molecular complexity index is 630. The monoisotopic (exact) mass is 314 g/mol. The van der Waals surface area contributed by atoms with Crippen LogP contribution in [0.2, 0.25) is 0 Å². The van der Waals surface area contributed by atoms with Crippen LogP contribution in [-0.2, 0) is 23.1 Å². The summed E-state index contributed by atoms with van der Waals surface area (Å²) in [7, 11) is -3.46. The van der Waals surface area contributed by atoms with Gasteiger partial charge in [-0.15, -0.1) is 11.3 Å². The minimum absolute atomic E-state index is 0.230. The van der Waals surface area contributed by atoms with E-state index in [2.05, 4.69) is 23.9 Å². The number of hydrogen-bond donors (Lipinski definition) is 2. The van der Waals surface area contributed by atoms with Gasteiger partial charge in [0.1, 0.15) is 0 Å². The molecule has 0 aliphatic heterocycles. The number of furan rings is 1. The molecule has 0 aromatic carbocycles. The molecule has 0 atom stereocenters. The fraction of sp³-hybridized carbons (Fsp3) is 0.385. The van der Waals surface area contributed by atoms with Gasteiger partial charge in [0, 0.05) is 35.0 Å². The second kappa shape index (κ2) is 6.53. The lowest BCUT2D eigenvalue weighted by molar-refractivity contribution is 0.561. The van der Waals surface area contributed by atoms with Crippen LogP contribution in [0, 0.1) is 0 Å². The zero-order valence-corrected chi connectivity index (χ0v) is 13.1. The Labute approximate surface area is 123 Å². The van der Waals surface area contributed by atoms with Gasteiger partial charge in [0.05, 0.1) is 17.4 Å². The predicted molar refractivity (Wildman–Crippen MR) is 79.0 cm³/mol. The summed E-state index contributed by atoms with van der Waals surface area (Å²) >= 11 is 1.44. The predicted octanol–water partition coefficient (Wildman–Crippen LogP) is 2.32. The van der Waals surface area contributed by atoms with Crippen LogP contribution in [0.15, 0.2) is 39.4 Å². The maximum Gasteiger partial charge on any atom is 0.241 e. The second-order valence-corrected chi connectivity index (χ2v) is 7.50. The third-order valence-corrected chi connectivity index (χ3v) is 5.14. The number of nitrogens with one attached hydrogen (secondary N) is 2. The smallest absolute Gasteiger partial charge is 0.241 e. The summed E-state index contributed by atoms with van der Waals surface area (Å²) < 4.78 is 31.7. The van der Waals surface area contributed by atoms with Crippen LogP contribution in [0.4, 0.5) is 0 Å². The fourth-order valence-electron chi connectivity index (χ4n) is 1.55. The van der Waals surface area contributed by atoms with Crippen molar-refractivity contribution in [2.24, 2.45) is 0 Å². The van der Waals surface area contributed by atoms with Crippen molar-refractivity contribution in [3.05, 3.63) is 40.5 Å². The molecule has 0 unspecified atom stereocenters. The van der Waals surface area contributed by atoms with Gasteiger partial charge in [0.15, 0.2) is 0 Å². The Balaban J connectivity index is 1.98. The van der Waals surface area contributed by atoms with Crippen LogP contribution in [0.5, 0.6) is 0 Å². The van der Waals surface area contributed by atoms with Crippen molar-refractivity contribution >= 4 is 21.4 Å². The summed E-state index contributed by atoms with van der Waals surface area (Å²) in [5.41, 5.74) is 0.797. The van der Waals surface area contributed by atoms with E-state index in [0.29, 0.717) is 17.5 Å². The Kier molecular flexibility index (Phi) is 4.98. The largest absolute Gasteiger partial charge is 0.472 e. The highest BCUT2D eigenvalue weighted by molar-refractivity contribution is 7.89. The molecule has 0 saturated carbocycles. The molecule has 5 nitrogen and oxygen atoms in total. The maximum absolute atomic E-state index is 12.1. The van der Waals surface area contributed by atoms with Gasteiger partial charge in [-0.1, -0.05) is 13.8 Å². The molecule has 110 valence electrons. The molecule has 2 aromatic rings. The highest BCUT2D eigenvalue weighted by Gasteiger charge is 2.16. The van der Waals surface area contributed by atoms with Crippen LogP contribution in [-0.4, -0.2) is 14.5 Å². The van der Waals surface area contributed by atoms with Crippen molar-refractivity contribution in [1.82, 2.24) is 10.0 Å².